The molecule has 0 aromatic heterocycles. The molecule has 0 spiro atoms. The molecule has 0 amide bonds. The van der Waals surface area contributed by atoms with Gasteiger partial charge in [0.25, 0.3) is 0 Å². The third-order valence-electron chi connectivity index (χ3n) is 4.39. The molecule has 3 nitrogen and oxygen atoms in total. The van der Waals surface area contributed by atoms with Crippen molar-refractivity contribution in [2.45, 2.75) is 24.9 Å². The summed E-state index contributed by atoms with van der Waals surface area (Å²) < 4.78 is 5.98. The van der Waals surface area contributed by atoms with Gasteiger partial charge in [-0.1, -0.05) is 65.7 Å². The van der Waals surface area contributed by atoms with Crippen LogP contribution in [0.2, 0.25) is 10.0 Å². The highest BCUT2D eigenvalue weighted by molar-refractivity contribution is 6.42. The van der Waals surface area contributed by atoms with E-state index in [0.29, 0.717) is 15.6 Å². The molecule has 1 N–H and O–H groups in total. The highest BCUT2D eigenvalue weighted by atomic mass is 35.5. The minimum atomic E-state index is -0.575. The second-order valence-corrected chi connectivity index (χ2v) is 6.76. The molecule has 1 saturated heterocycles. The number of piperidine rings is 1. The highest BCUT2D eigenvalue weighted by Crippen LogP contribution is 2.35. The lowest BCUT2D eigenvalue weighted by Gasteiger charge is -2.37. The number of nitrogens with one attached hydrogen (secondary N) is 1. The fourth-order valence-corrected chi connectivity index (χ4v) is 3.50. The molecule has 1 aliphatic rings. The molecule has 1 heterocycles. The van der Waals surface area contributed by atoms with Crippen LogP contribution >= 0.6 is 23.2 Å². The van der Waals surface area contributed by atoms with Gasteiger partial charge in [0.15, 0.2) is 0 Å². The fourth-order valence-electron chi connectivity index (χ4n) is 3.12. The van der Waals surface area contributed by atoms with Gasteiger partial charge >= 0.3 is 5.97 Å². The summed E-state index contributed by atoms with van der Waals surface area (Å²) in [4.78, 5) is 12.6. The highest BCUT2D eigenvalue weighted by Gasteiger charge is 2.37. The maximum Gasteiger partial charge on any atom is 0.311 e. The molecule has 126 valence electrons. The van der Waals surface area contributed by atoms with Crippen molar-refractivity contribution in [2.24, 2.45) is 0 Å². The first-order valence-electron chi connectivity index (χ1n) is 8.02. The van der Waals surface area contributed by atoms with Crippen LogP contribution in [0.25, 0.3) is 0 Å². The molecule has 0 atom stereocenters. The SMILES string of the molecule is O=C(Cc1cccc(Cl)c1Cl)OC1(c2ccccc2)CCNCC1. The van der Waals surface area contributed by atoms with Crippen LogP contribution < -0.4 is 5.32 Å². The van der Waals surface area contributed by atoms with Gasteiger partial charge in [-0.05, 0) is 30.3 Å². The van der Waals surface area contributed by atoms with Crippen molar-refractivity contribution in [3.63, 3.8) is 0 Å². The van der Waals surface area contributed by atoms with Crippen molar-refractivity contribution in [3.05, 3.63) is 69.7 Å². The first-order chi connectivity index (χ1) is 11.6. The molecule has 1 fully saturated rings. The lowest BCUT2D eigenvalue weighted by atomic mass is 9.84. The van der Waals surface area contributed by atoms with Gasteiger partial charge in [0.05, 0.1) is 16.5 Å². The van der Waals surface area contributed by atoms with Crippen molar-refractivity contribution in [2.75, 3.05) is 13.1 Å². The number of hydrogen-bond acceptors (Lipinski definition) is 3. The van der Waals surface area contributed by atoms with Crippen molar-refractivity contribution in [1.82, 2.24) is 5.32 Å². The summed E-state index contributed by atoms with van der Waals surface area (Å²) in [5.74, 6) is -0.287. The molecule has 2 aromatic carbocycles. The van der Waals surface area contributed by atoms with Crippen LogP contribution in [-0.2, 0) is 21.6 Å². The van der Waals surface area contributed by atoms with Gasteiger partial charge < -0.3 is 10.1 Å². The van der Waals surface area contributed by atoms with E-state index in [-0.39, 0.29) is 12.4 Å². The quantitative estimate of drug-likeness (QED) is 0.820. The van der Waals surface area contributed by atoms with Crippen molar-refractivity contribution in [3.8, 4) is 0 Å². The lowest BCUT2D eigenvalue weighted by molar-refractivity contribution is -0.163. The van der Waals surface area contributed by atoms with E-state index in [2.05, 4.69) is 5.32 Å². The van der Waals surface area contributed by atoms with E-state index in [1.807, 2.05) is 30.3 Å². The molecular formula is C19H19Cl2NO2. The maximum absolute atomic E-state index is 12.6. The number of rotatable bonds is 4. The molecule has 0 unspecified atom stereocenters. The predicted molar refractivity (Wildman–Crippen MR) is 96.5 cm³/mol. The van der Waals surface area contributed by atoms with Gasteiger partial charge in [0.1, 0.15) is 5.60 Å². The third kappa shape index (κ3) is 3.75. The Morgan fingerprint density at radius 1 is 1.04 bits per heavy atom. The average molecular weight is 364 g/mol. The topological polar surface area (TPSA) is 38.3 Å². The summed E-state index contributed by atoms with van der Waals surface area (Å²) >= 11 is 12.2. The van der Waals surface area contributed by atoms with E-state index in [1.165, 1.54) is 0 Å². The van der Waals surface area contributed by atoms with Crippen LogP contribution in [0, 0.1) is 0 Å². The Hall–Kier alpha value is -1.55. The predicted octanol–water partition coefficient (Wildman–Crippen LogP) is 4.36. The number of ether oxygens (including phenoxy) is 1. The molecule has 2 aromatic rings. The summed E-state index contributed by atoms with van der Waals surface area (Å²) in [5, 5.41) is 4.18. The number of carbonyl (C=O) groups excluding carboxylic acids is 1. The van der Waals surface area contributed by atoms with Crippen LogP contribution in [0.5, 0.6) is 0 Å². The number of hydrogen-bond donors (Lipinski definition) is 1. The van der Waals surface area contributed by atoms with Gasteiger partial charge in [-0.3, -0.25) is 4.79 Å². The Morgan fingerprint density at radius 2 is 1.75 bits per heavy atom. The van der Waals surface area contributed by atoms with Gasteiger partial charge in [-0.25, -0.2) is 0 Å². The summed E-state index contributed by atoms with van der Waals surface area (Å²) in [6.07, 6.45) is 1.62. The number of benzene rings is 2. The van der Waals surface area contributed by atoms with Crippen LogP contribution in [-0.4, -0.2) is 19.1 Å². The second-order valence-electron chi connectivity index (χ2n) is 5.97. The third-order valence-corrected chi connectivity index (χ3v) is 5.24. The van der Waals surface area contributed by atoms with Crippen molar-refractivity contribution < 1.29 is 9.53 Å². The number of esters is 1. The summed E-state index contributed by atoms with van der Waals surface area (Å²) in [6, 6.07) is 15.2. The zero-order valence-electron chi connectivity index (χ0n) is 13.2. The van der Waals surface area contributed by atoms with E-state index in [4.69, 9.17) is 27.9 Å². The van der Waals surface area contributed by atoms with Crippen molar-refractivity contribution in [1.29, 1.82) is 0 Å². The molecule has 0 bridgehead atoms. The largest absolute Gasteiger partial charge is 0.454 e. The Morgan fingerprint density at radius 3 is 2.46 bits per heavy atom. The van der Waals surface area contributed by atoms with Crippen LogP contribution in [0.1, 0.15) is 24.0 Å². The molecule has 0 aliphatic carbocycles. The second kappa shape index (κ2) is 7.56. The Balaban J connectivity index is 1.80. The minimum absolute atomic E-state index is 0.113. The Kier molecular flexibility index (Phi) is 5.44. The van der Waals surface area contributed by atoms with Crippen LogP contribution in [0.3, 0.4) is 0 Å². The smallest absolute Gasteiger partial charge is 0.311 e. The maximum atomic E-state index is 12.6. The normalized spacial score (nSPS) is 16.6. The van der Waals surface area contributed by atoms with E-state index < -0.39 is 5.60 Å². The first kappa shape index (κ1) is 17.3. The van der Waals surface area contributed by atoms with E-state index in [0.717, 1.165) is 31.5 Å². The van der Waals surface area contributed by atoms with Crippen molar-refractivity contribution >= 4 is 29.2 Å². The van der Waals surface area contributed by atoms with Gasteiger partial charge in [0.2, 0.25) is 0 Å². The summed E-state index contributed by atoms with van der Waals surface area (Å²) in [5.41, 5.74) is 1.15. The van der Waals surface area contributed by atoms with Gasteiger partial charge in [0, 0.05) is 12.8 Å². The zero-order chi connectivity index (χ0) is 17.0. The zero-order valence-corrected chi connectivity index (χ0v) is 14.7. The molecule has 1 aliphatic heterocycles. The summed E-state index contributed by atoms with van der Waals surface area (Å²) in [7, 11) is 0. The van der Waals surface area contributed by atoms with Gasteiger partial charge in [-0.2, -0.15) is 0 Å². The van der Waals surface area contributed by atoms with E-state index in [9.17, 15) is 4.79 Å². The molecular weight excluding hydrogens is 345 g/mol. The standard InChI is InChI=1S/C19H19Cl2NO2/c20-16-8-4-5-14(18(16)21)13-17(23)24-19(9-11-22-12-10-19)15-6-2-1-3-7-15/h1-8,22H,9-13H2. The Bertz CT molecular complexity index is 713. The molecule has 24 heavy (non-hydrogen) atoms. The lowest BCUT2D eigenvalue weighted by Crippen LogP contribution is -2.43. The van der Waals surface area contributed by atoms with E-state index >= 15 is 0 Å². The van der Waals surface area contributed by atoms with Gasteiger partial charge in [-0.15, -0.1) is 0 Å². The number of carbonyl (C=O) groups is 1. The molecule has 5 heteroatoms. The fraction of sp³-hybridized carbons (Fsp3) is 0.316. The van der Waals surface area contributed by atoms with Crippen LogP contribution in [0.4, 0.5) is 0 Å². The summed E-state index contributed by atoms with van der Waals surface area (Å²) in [6.45, 7) is 1.64. The monoisotopic (exact) mass is 363 g/mol. The molecule has 0 saturated carbocycles. The average Bonchev–Trinajstić information content (AvgIpc) is 2.60. The molecule has 0 radical (unpaired) electrons. The number of halogens is 2. The first-order valence-corrected chi connectivity index (χ1v) is 8.77. The van der Waals surface area contributed by atoms with E-state index in [1.54, 1.807) is 18.2 Å². The minimum Gasteiger partial charge on any atom is -0.454 e. The molecule has 3 rings (SSSR count). The van der Waals surface area contributed by atoms with Crippen LogP contribution in [0.15, 0.2) is 48.5 Å². The Labute approximate surface area is 151 Å².